The van der Waals surface area contributed by atoms with Gasteiger partial charge >= 0.3 is 29.6 Å². The van der Waals surface area contributed by atoms with Gasteiger partial charge in [0.05, 0.1) is 28.5 Å². The Bertz CT molecular complexity index is 929. The molecule has 114 valence electrons. The minimum absolute atomic E-state index is 0. The maximum atomic E-state index is 11.9. The van der Waals surface area contributed by atoms with E-state index >= 15 is 0 Å². The molecule has 2 aliphatic heterocycles. The average molecular weight is 342 g/mol. The number of carbonyl (C=O) groups excluding carboxylic acids is 1. The third kappa shape index (κ3) is 2.52. The third-order valence-electron chi connectivity index (χ3n) is 3.65. The SMILES string of the molecule is O=C1NCN2c3ccc(S(=O)(=O)O)cc3Oc3cccc1c32.[NaH]. The number of amides is 1. The second kappa shape index (κ2) is 5.50. The van der Waals surface area contributed by atoms with Gasteiger partial charge in [-0.05, 0) is 24.3 Å². The molecule has 9 heteroatoms. The van der Waals surface area contributed by atoms with Crippen LogP contribution in [0.1, 0.15) is 10.4 Å². The normalized spacial score (nSPS) is 14.8. The fourth-order valence-electron chi connectivity index (χ4n) is 2.68. The molecule has 2 aromatic carbocycles. The first-order valence-electron chi connectivity index (χ1n) is 6.43. The molecular formula is C14H11N2NaO5S. The summed E-state index contributed by atoms with van der Waals surface area (Å²) in [5, 5.41) is 2.75. The average Bonchev–Trinajstić information content (AvgIpc) is 2.48. The van der Waals surface area contributed by atoms with Gasteiger partial charge in [-0.15, -0.1) is 0 Å². The summed E-state index contributed by atoms with van der Waals surface area (Å²) in [6.07, 6.45) is 0. The number of benzene rings is 2. The summed E-state index contributed by atoms with van der Waals surface area (Å²) in [6.45, 7) is 0.254. The Hall–Kier alpha value is -1.58. The second-order valence-corrected chi connectivity index (χ2v) is 6.37. The van der Waals surface area contributed by atoms with Crippen molar-refractivity contribution in [3.63, 3.8) is 0 Å². The zero-order valence-corrected chi connectivity index (χ0v) is 11.9. The van der Waals surface area contributed by atoms with Crippen molar-refractivity contribution >= 4 is 57.0 Å². The Labute approximate surface area is 154 Å². The Morgan fingerprint density at radius 1 is 1.17 bits per heavy atom. The molecule has 2 N–H and O–H groups in total. The molecule has 0 bridgehead atoms. The standard InChI is InChI=1S/C14H10N2O5S.Na.H/c17-14-9-2-1-3-11-13(9)16(7-15-14)10-5-4-8(22(18,19)20)6-12(10)21-11;;/h1-6H,7H2,(H,15,17)(H,18,19,20);;. The number of ether oxygens (including phenoxy) is 1. The Morgan fingerprint density at radius 2 is 1.96 bits per heavy atom. The summed E-state index contributed by atoms with van der Waals surface area (Å²) in [4.78, 5) is 13.5. The summed E-state index contributed by atoms with van der Waals surface area (Å²) in [5.41, 5.74) is 1.76. The molecule has 23 heavy (non-hydrogen) atoms. The van der Waals surface area contributed by atoms with E-state index < -0.39 is 10.1 Å². The van der Waals surface area contributed by atoms with Crippen LogP contribution in [0.25, 0.3) is 0 Å². The van der Waals surface area contributed by atoms with Crippen molar-refractivity contribution in [2.24, 2.45) is 0 Å². The van der Waals surface area contributed by atoms with Crippen LogP contribution in [0.3, 0.4) is 0 Å². The van der Waals surface area contributed by atoms with Gasteiger partial charge in [0.25, 0.3) is 16.0 Å². The molecular weight excluding hydrogens is 331 g/mol. The molecule has 0 saturated heterocycles. The fraction of sp³-hybridized carbons (Fsp3) is 0.0714. The summed E-state index contributed by atoms with van der Waals surface area (Å²) < 4.78 is 37.4. The molecule has 2 heterocycles. The number of rotatable bonds is 1. The zero-order valence-electron chi connectivity index (χ0n) is 11.1. The Morgan fingerprint density at radius 3 is 2.70 bits per heavy atom. The monoisotopic (exact) mass is 342 g/mol. The van der Waals surface area contributed by atoms with Crippen LogP contribution in [-0.4, -0.2) is 55.1 Å². The summed E-state index contributed by atoms with van der Waals surface area (Å²) in [5.74, 6) is 0.581. The van der Waals surface area contributed by atoms with Gasteiger partial charge in [0.1, 0.15) is 0 Å². The second-order valence-electron chi connectivity index (χ2n) is 4.95. The van der Waals surface area contributed by atoms with E-state index in [2.05, 4.69) is 5.32 Å². The van der Waals surface area contributed by atoms with Crippen molar-refractivity contribution in [3.8, 4) is 11.5 Å². The van der Waals surface area contributed by atoms with Gasteiger partial charge in [-0.25, -0.2) is 0 Å². The number of hydrogen-bond donors (Lipinski definition) is 2. The number of nitrogens with zero attached hydrogens (tertiary/aromatic N) is 1. The Kier molecular flexibility index (Phi) is 3.89. The number of para-hydroxylation sites is 1. The van der Waals surface area contributed by atoms with Crippen LogP contribution in [0.5, 0.6) is 11.5 Å². The van der Waals surface area contributed by atoms with Gasteiger partial charge in [0.2, 0.25) is 0 Å². The van der Waals surface area contributed by atoms with E-state index in [0.29, 0.717) is 28.4 Å². The summed E-state index contributed by atoms with van der Waals surface area (Å²) in [6, 6.07) is 9.18. The topological polar surface area (TPSA) is 95.9 Å². The first-order valence-corrected chi connectivity index (χ1v) is 7.87. The van der Waals surface area contributed by atoms with Crippen LogP contribution in [0.15, 0.2) is 41.3 Å². The maximum absolute atomic E-state index is 11.9. The van der Waals surface area contributed by atoms with Gasteiger partial charge in [-0.1, -0.05) is 6.07 Å². The van der Waals surface area contributed by atoms with Crippen LogP contribution in [0, 0.1) is 0 Å². The predicted molar refractivity (Wildman–Crippen MR) is 84.4 cm³/mol. The van der Waals surface area contributed by atoms with Gasteiger partial charge < -0.3 is 15.0 Å². The number of carbonyl (C=O) groups is 1. The van der Waals surface area contributed by atoms with Crippen LogP contribution in [-0.2, 0) is 10.1 Å². The van der Waals surface area contributed by atoms with E-state index in [0.717, 1.165) is 0 Å². The quantitative estimate of drug-likeness (QED) is 0.598. The first-order chi connectivity index (χ1) is 10.4. The molecule has 0 radical (unpaired) electrons. The predicted octanol–water partition coefficient (Wildman–Crippen LogP) is 1.23. The summed E-state index contributed by atoms with van der Waals surface area (Å²) in [7, 11) is -4.31. The molecule has 0 saturated carbocycles. The molecule has 0 aromatic heterocycles. The van der Waals surface area contributed by atoms with Crippen molar-refractivity contribution in [2.45, 2.75) is 4.90 Å². The van der Waals surface area contributed by atoms with Crippen LogP contribution < -0.4 is 15.0 Å². The van der Waals surface area contributed by atoms with Crippen LogP contribution in [0.2, 0.25) is 0 Å². The number of fused-ring (bicyclic) bond motifs is 2. The molecule has 0 aliphatic carbocycles. The molecule has 7 nitrogen and oxygen atoms in total. The van der Waals surface area contributed by atoms with E-state index in [1.807, 2.05) is 4.90 Å². The van der Waals surface area contributed by atoms with Crippen LogP contribution in [0.4, 0.5) is 11.4 Å². The zero-order chi connectivity index (χ0) is 15.5. The van der Waals surface area contributed by atoms with Gasteiger partial charge in [0.15, 0.2) is 11.5 Å². The van der Waals surface area contributed by atoms with E-state index in [4.69, 9.17) is 9.29 Å². The van der Waals surface area contributed by atoms with E-state index in [-0.39, 0.29) is 47.0 Å². The molecule has 0 atom stereocenters. The van der Waals surface area contributed by atoms with Crippen molar-refractivity contribution < 1.29 is 22.5 Å². The van der Waals surface area contributed by atoms with E-state index in [1.165, 1.54) is 18.2 Å². The molecule has 2 aromatic rings. The Balaban J connectivity index is 0.00000156. The molecule has 4 rings (SSSR count). The number of anilines is 2. The first kappa shape index (κ1) is 16.3. The number of nitrogens with one attached hydrogen (secondary N) is 1. The molecule has 2 aliphatic rings. The van der Waals surface area contributed by atoms with Crippen molar-refractivity contribution in [2.75, 3.05) is 11.6 Å². The van der Waals surface area contributed by atoms with Crippen molar-refractivity contribution in [1.29, 1.82) is 0 Å². The van der Waals surface area contributed by atoms with E-state index in [9.17, 15) is 13.2 Å². The van der Waals surface area contributed by atoms with Crippen molar-refractivity contribution in [1.82, 2.24) is 5.32 Å². The van der Waals surface area contributed by atoms with Gasteiger partial charge in [-0.3, -0.25) is 9.35 Å². The summed E-state index contributed by atoms with van der Waals surface area (Å²) >= 11 is 0. The van der Waals surface area contributed by atoms with Gasteiger partial charge in [0, 0.05) is 6.07 Å². The molecule has 0 unspecified atom stereocenters. The molecule has 1 amide bonds. The number of hydrogen-bond acceptors (Lipinski definition) is 5. The molecule has 0 fully saturated rings. The van der Waals surface area contributed by atoms with Crippen molar-refractivity contribution in [3.05, 3.63) is 42.0 Å². The molecule has 0 spiro atoms. The third-order valence-corrected chi connectivity index (χ3v) is 4.50. The van der Waals surface area contributed by atoms with Crippen LogP contribution >= 0.6 is 0 Å². The fourth-order valence-corrected chi connectivity index (χ4v) is 3.17. The minimum atomic E-state index is -4.31. The van der Waals surface area contributed by atoms with E-state index in [1.54, 1.807) is 18.2 Å². The van der Waals surface area contributed by atoms with Gasteiger partial charge in [-0.2, -0.15) is 8.42 Å².